The summed E-state index contributed by atoms with van der Waals surface area (Å²) in [6.45, 7) is 0.857. The molecule has 1 aliphatic carbocycles. The minimum atomic E-state index is -0.241. The molecular weight excluding hydrogens is 414 g/mol. The number of amides is 4. The number of nitrogens with one attached hydrogen (secondary N) is 1. The molecule has 0 aromatic heterocycles. The highest BCUT2D eigenvalue weighted by Gasteiger charge is 2.48. The maximum Gasteiger partial charge on any atom is 0.242 e. The van der Waals surface area contributed by atoms with Crippen molar-refractivity contribution in [2.24, 2.45) is 17.8 Å². The zero-order valence-electron chi connectivity index (χ0n) is 17.9. The van der Waals surface area contributed by atoms with Crippen LogP contribution in [-0.2, 0) is 19.2 Å². The third-order valence-corrected chi connectivity index (χ3v) is 7.08. The van der Waals surface area contributed by atoms with Crippen molar-refractivity contribution in [1.82, 2.24) is 9.80 Å². The van der Waals surface area contributed by atoms with E-state index in [1.807, 2.05) is 0 Å². The van der Waals surface area contributed by atoms with Crippen LogP contribution in [0.25, 0.3) is 0 Å². The molecule has 9 heteroatoms. The third kappa shape index (κ3) is 3.80. The van der Waals surface area contributed by atoms with Gasteiger partial charge < -0.3 is 19.7 Å². The van der Waals surface area contributed by atoms with Crippen LogP contribution >= 0.6 is 0 Å². The number of hydrogen-bond acceptors (Lipinski definition) is 6. The van der Waals surface area contributed by atoms with Gasteiger partial charge in [-0.25, -0.2) is 0 Å². The molecule has 2 saturated heterocycles. The number of carbonyl (C=O) groups excluding carboxylic acids is 4. The normalized spacial score (nSPS) is 25.1. The Hall–Kier alpha value is -3.10. The fourth-order valence-electron chi connectivity index (χ4n) is 5.23. The summed E-state index contributed by atoms with van der Waals surface area (Å²) in [5, 5.41) is 2.91. The summed E-state index contributed by atoms with van der Waals surface area (Å²) in [5.74, 6) is -0.119. The van der Waals surface area contributed by atoms with Crippen LogP contribution in [0.3, 0.4) is 0 Å². The Bertz CT molecular complexity index is 931. The number of fused-ring (bicyclic) bond motifs is 2. The summed E-state index contributed by atoms with van der Waals surface area (Å²) in [6.07, 6.45) is 4.48. The zero-order valence-corrected chi connectivity index (χ0v) is 17.9. The molecule has 0 radical (unpaired) electrons. The predicted octanol–water partition coefficient (Wildman–Crippen LogP) is 1.77. The van der Waals surface area contributed by atoms with E-state index in [1.165, 1.54) is 4.90 Å². The number of imide groups is 1. The smallest absolute Gasteiger partial charge is 0.242 e. The zero-order chi connectivity index (χ0) is 22.2. The Balaban J connectivity index is 1.13. The highest BCUT2D eigenvalue weighted by molar-refractivity contribution is 6.07. The van der Waals surface area contributed by atoms with E-state index < -0.39 is 0 Å². The van der Waals surface area contributed by atoms with Gasteiger partial charge in [0.1, 0.15) is 6.54 Å². The van der Waals surface area contributed by atoms with E-state index in [0.29, 0.717) is 43.1 Å². The highest BCUT2D eigenvalue weighted by Crippen LogP contribution is 2.38. The first-order valence-electron chi connectivity index (χ1n) is 11.3. The number of ether oxygens (including phenoxy) is 2. The first kappa shape index (κ1) is 20.8. The van der Waals surface area contributed by atoms with Gasteiger partial charge in [-0.2, -0.15) is 0 Å². The summed E-state index contributed by atoms with van der Waals surface area (Å²) in [7, 11) is 0. The molecule has 170 valence electrons. The Morgan fingerprint density at radius 3 is 2.28 bits per heavy atom. The molecule has 3 aliphatic heterocycles. The summed E-state index contributed by atoms with van der Waals surface area (Å²) in [6, 6.07) is 5.27. The van der Waals surface area contributed by atoms with E-state index in [2.05, 4.69) is 5.32 Å². The van der Waals surface area contributed by atoms with Crippen LogP contribution in [0, 0.1) is 17.8 Å². The molecule has 1 saturated carbocycles. The van der Waals surface area contributed by atoms with Crippen LogP contribution in [0.4, 0.5) is 5.69 Å². The predicted molar refractivity (Wildman–Crippen MR) is 113 cm³/mol. The minimum absolute atomic E-state index is 0.0927. The number of likely N-dealkylation sites (tertiary alicyclic amines) is 2. The number of benzene rings is 1. The van der Waals surface area contributed by atoms with Gasteiger partial charge in [-0.1, -0.05) is 12.8 Å². The van der Waals surface area contributed by atoms with E-state index in [0.717, 1.165) is 25.7 Å². The molecule has 0 spiro atoms. The number of carbonyl (C=O) groups is 4. The molecular formula is C23H27N3O6. The molecule has 2 atom stereocenters. The van der Waals surface area contributed by atoms with Crippen molar-refractivity contribution in [1.29, 1.82) is 0 Å². The van der Waals surface area contributed by atoms with Crippen LogP contribution in [0.2, 0.25) is 0 Å². The highest BCUT2D eigenvalue weighted by atomic mass is 16.7. The topological polar surface area (TPSA) is 105 Å². The standard InChI is InChI=1S/C23H27N3O6/c27-20(12-26-22(29)16-3-1-2-4-17(16)23(26)30)25-9-7-14(8-10-25)21(28)24-15-5-6-18-19(11-15)32-13-31-18/h5-6,11,14,16-17H,1-4,7-10,12-13H2,(H,24,28)/t16-,17-/m0/s1. The first-order chi connectivity index (χ1) is 15.5. The lowest BCUT2D eigenvalue weighted by Gasteiger charge is -2.32. The van der Waals surface area contributed by atoms with Crippen LogP contribution in [0.5, 0.6) is 11.5 Å². The van der Waals surface area contributed by atoms with Gasteiger partial charge in [0.05, 0.1) is 11.8 Å². The van der Waals surface area contributed by atoms with Crippen molar-refractivity contribution in [3.8, 4) is 11.5 Å². The minimum Gasteiger partial charge on any atom is -0.454 e. The summed E-state index contributed by atoms with van der Waals surface area (Å²) < 4.78 is 10.6. The Labute approximate surface area is 186 Å². The maximum absolute atomic E-state index is 12.8. The molecule has 3 heterocycles. The monoisotopic (exact) mass is 441 g/mol. The molecule has 1 aromatic carbocycles. The fourth-order valence-corrected chi connectivity index (χ4v) is 5.23. The Morgan fingerprint density at radius 1 is 0.938 bits per heavy atom. The maximum atomic E-state index is 12.8. The van der Waals surface area contributed by atoms with Gasteiger partial charge in [0.25, 0.3) is 0 Å². The molecule has 0 bridgehead atoms. The summed E-state index contributed by atoms with van der Waals surface area (Å²) in [5.41, 5.74) is 0.644. The van der Waals surface area contributed by atoms with E-state index in [4.69, 9.17) is 9.47 Å². The van der Waals surface area contributed by atoms with Crippen molar-refractivity contribution in [3.05, 3.63) is 18.2 Å². The van der Waals surface area contributed by atoms with E-state index >= 15 is 0 Å². The Kier molecular flexibility index (Phi) is 5.48. The number of rotatable bonds is 4. The lowest BCUT2D eigenvalue weighted by atomic mass is 9.81. The van der Waals surface area contributed by atoms with Gasteiger partial charge in [-0.05, 0) is 37.8 Å². The van der Waals surface area contributed by atoms with Gasteiger partial charge in [-0.3, -0.25) is 24.1 Å². The molecule has 4 amide bonds. The van der Waals surface area contributed by atoms with Crippen molar-refractivity contribution >= 4 is 29.3 Å². The van der Waals surface area contributed by atoms with Crippen molar-refractivity contribution in [3.63, 3.8) is 0 Å². The van der Waals surface area contributed by atoms with Crippen molar-refractivity contribution in [2.45, 2.75) is 38.5 Å². The second-order valence-electron chi connectivity index (χ2n) is 8.97. The number of piperidine rings is 1. The number of anilines is 1. The lowest BCUT2D eigenvalue weighted by molar-refractivity contribution is -0.147. The molecule has 3 fully saturated rings. The molecule has 1 N–H and O–H groups in total. The van der Waals surface area contributed by atoms with Gasteiger partial charge in [0.2, 0.25) is 30.4 Å². The molecule has 5 rings (SSSR count). The lowest BCUT2D eigenvalue weighted by Crippen LogP contribution is -2.47. The van der Waals surface area contributed by atoms with Crippen molar-refractivity contribution in [2.75, 3.05) is 31.7 Å². The molecule has 9 nitrogen and oxygen atoms in total. The van der Waals surface area contributed by atoms with Crippen LogP contribution in [0.15, 0.2) is 18.2 Å². The second kappa shape index (κ2) is 8.44. The largest absolute Gasteiger partial charge is 0.454 e. The van der Waals surface area contributed by atoms with E-state index in [1.54, 1.807) is 23.1 Å². The first-order valence-corrected chi connectivity index (χ1v) is 11.3. The molecule has 0 unspecified atom stereocenters. The van der Waals surface area contributed by atoms with E-state index in [-0.39, 0.29) is 54.7 Å². The fraction of sp³-hybridized carbons (Fsp3) is 0.565. The number of nitrogens with zero attached hydrogens (tertiary/aromatic N) is 2. The van der Waals surface area contributed by atoms with Crippen LogP contribution < -0.4 is 14.8 Å². The van der Waals surface area contributed by atoms with Gasteiger partial charge in [0.15, 0.2) is 11.5 Å². The molecule has 32 heavy (non-hydrogen) atoms. The average molecular weight is 441 g/mol. The average Bonchev–Trinajstić information content (AvgIpc) is 3.38. The summed E-state index contributed by atoms with van der Waals surface area (Å²) >= 11 is 0. The quantitative estimate of drug-likeness (QED) is 0.714. The Morgan fingerprint density at radius 2 is 1.59 bits per heavy atom. The van der Waals surface area contributed by atoms with Gasteiger partial charge in [0, 0.05) is 30.8 Å². The van der Waals surface area contributed by atoms with Crippen LogP contribution in [0.1, 0.15) is 38.5 Å². The van der Waals surface area contributed by atoms with Crippen LogP contribution in [-0.4, -0.2) is 59.9 Å². The molecule has 4 aliphatic rings. The number of hydrogen-bond donors (Lipinski definition) is 1. The van der Waals surface area contributed by atoms with Gasteiger partial charge >= 0.3 is 0 Å². The van der Waals surface area contributed by atoms with Crippen molar-refractivity contribution < 1.29 is 28.7 Å². The van der Waals surface area contributed by atoms with Gasteiger partial charge in [-0.15, -0.1) is 0 Å². The molecule has 1 aromatic rings. The SMILES string of the molecule is O=C(Nc1ccc2c(c1)OCO2)C1CCN(C(=O)CN2C(=O)[C@H]3CCCC[C@@H]3C2=O)CC1. The summed E-state index contributed by atoms with van der Waals surface area (Å²) in [4.78, 5) is 53.5. The third-order valence-electron chi connectivity index (χ3n) is 7.08. The van der Waals surface area contributed by atoms with E-state index in [9.17, 15) is 19.2 Å². The second-order valence-corrected chi connectivity index (χ2v) is 8.97.